The molecule has 1 fully saturated rings. The number of nitrogens with two attached hydrogens (primary N) is 1. The molecule has 3 nitrogen and oxygen atoms in total. The summed E-state index contributed by atoms with van der Waals surface area (Å²) in [6.45, 7) is 4.06. The predicted octanol–water partition coefficient (Wildman–Crippen LogP) is 1.16. The molecule has 4 heteroatoms. The molecule has 1 aliphatic heterocycles. The van der Waals surface area contributed by atoms with E-state index in [0.717, 1.165) is 19.5 Å². The first-order valence-electron chi connectivity index (χ1n) is 5.20. The largest absolute Gasteiger partial charge is 0.393 e. The van der Waals surface area contributed by atoms with Gasteiger partial charge in [0.25, 0.3) is 0 Å². The van der Waals surface area contributed by atoms with E-state index in [1.165, 1.54) is 12.8 Å². The summed E-state index contributed by atoms with van der Waals surface area (Å²) < 4.78 is 5.73. The number of hydrogen-bond donors (Lipinski definition) is 1. The molecule has 0 radical (unpaired) electrons. The molecule has 1 heterocycles. The van der Waals surface area contributed by atoms with Crippen molar-refractivity contribution in [2.24, 2.45) is 5.73 Å². The maximum Gasteiger partial charge on any atom is 0.0740 e. The highest BCUT2D eigenvalue weighted by Crippen LogP contribution is 2.19. The van der Waals surface area contributed by atoms with Gasteiger partial charge in [-0.3, -0.25) is 0 Å². The van der Waals surface area contributed by atoms with E-state index in [9.17, 15) is 0 Å². The van der Waals surface area contributed by atoms with Gasteiger partial charge in [-0.05, 0) is 26.8 Å². The molecule has 0 spiro atoms. The topological polar surface area (TPSA) is 38.5 Å². The number of hydrogen-bond acceptors (Lipinski definition) is 3. The average molecular weight is 216 g/mol. The SMILES string of the molecule is CC1CCC(CN(C)CCC(N)=S)O1. The second-order valence-electron chi connectivity index (χ2n) is 4.12. The molecule has 0 saturated carbocycles. The lowest BCUT2D eigenvalue weighted by Gasteiger charge is -2.20. The van der Waals surface area contributed by atoms with Crippen molar-refractivity contribution in [2.75, 3.05) is 20.1 Å². The molecular formula is C10H20N2OS. The fourth-order valence-electron chi connectivity index (χ4n) is 1.76. The van der Waals surface area contributed by atoms with Crippen LogP contribution in [-0.2, 0) is 4.74 Å². The van der Waals surface area contributed by atoms with Crippen LogP contribution >= 0.6 is 12.2 Å². The molecule has 82 valence electrons. The van der Waals surface area contributed by atoms with Gasteiger partial charge in [0.1, 0.15) is 0 Å². The van der Waals surface area contributed by atoms with Crippen LogP contribution in [0.15, 0.2) is 0 Å². The number of ether oxygens (including phenoxy) is 1. The van der Waals surface area contributed by atoms with E-state index in [0.29, 0.717) is 17.2 Å². The van der Waals surface area contributed by atoms with Gasteiger partial charge in [-0.15, -0.1) is 0 Å². The Morgan fingerprint density at radius 3 is 2.79 bits per heavy atom. The smallest absolute Gasteiger partial charge is 0.0740 e. The lowest BCUT2D eigenvalue weighted by molar-refractivity contribution is 0.0370. The first kappa shape index (κ1) is 11.9. The summed E-state index contributed by atoms with van der Waals surface area (Å²) in [5.74, 6) is 0. The van der Waals surface area contributed by atoms with E-state index in [2.05, 4.69) is 18.9 Å². The van der Waals surface area contributed by atoms with E-state index >= 15 is 0 Å². The maximum absolute atomic E-state index is 5.73. The summed E-state index contributed by atoms with van der Waals surface area (Å²) in [7, 11) is 2.09. The van der Waals surface area contributed by atoms with Gasteiger partial charge in [0.05, 0.1) is 17.2 Å². The van der Waals surface area contributed by atoms with Gasteiger partial charge < -0.3 is 15.4 Å². The summed E-state index contributed by atoms with van der Waals surface area (Å²) in [4.78, 5) is 2.83. The zero-order valence-electron chi connectivity index (χ0n) is 9.03. The average Bonchev–Trinajstić information content (AvgIpc) is 2.48. The van der Waals surface area contributed by atoms with Crippen molar-refractivity contribution >= 4 is 17.2 Å². The molecule has 2 N–H and O–H groups in total. The van der Waals surface area contributed by atoms with Crippen LogP contribution in [0.25, 0.3) is 0 Å². The van der Waals surface area contributed by atoms with Crippen molar-refractivity contribution in [3.05, 3.63) is 0 Å². The zero-order valence-corrected chi connectivity index (χ0v) is 9.85. The minimum Gasteiger partial charge on any atom is -0.393 e. The Morgan fingerprint density at radius 2 is 2.29 bits per heavy atom. The van der Waals surface area contributed by atoms with Crippen LogP contribution in [0, 0.1) is 0 Å². The standard InChI is InChI=1S/C10H20N2OS/c1-8-3-4-9(13-8)7-12(2)6-5-10(11)14/h8-9H,3-7H2,1-2H3,(H2,11,14). The zero-order chi connectivity index (χ0) is 10.6. The minimum absolute atomic E-state index is 0.404. The summed E-state index contributed by atoms with van der Waals surface area (Å²) >= 11 is 4.84. The van der Waals surface area contributed by atoms with Crippen molar-refractivity contribution < 1.29 is 4.74 Å². The van der Waals surface area contributed by atoms with E-state index in [4.69, 9.17) is 22.7 Å². The summed E-state index contributed by atoms with van der Waals surface area (Å²) in [5.41, 5.74) is 5.44. The molecule has 0 aromatic rings. The molecule has 1 rings (SSSR count). The van der Waals surface area contributed by atoms with Crippen molar-refractivity contribution in [1.82, 2.24) is 4.90 Å². The van der Waals surface area contributed by atoms with E-state index < -0.39 is 0 Å². The van der Waals surface area contributed by atoms with Crippen LogP contribution in [0.3, 0.4) is 0 Å². The Bertz CT molecular complexity index is 199. The molecule has 14 heavy (non-hydrogen) atoms. The van der Waals surface area contributed by atoms with Crippen LogP contribution in [0.4, 0.5) is 0 Å². The molecule has 0 amide bonds. The monoisotopic (exact) mass is 216 g/mol. The van der Waals surface area contributed by atoms with Gasteiger partial charge >= 0.3 is 0 Å². The normalized spacial score (nSPS) is 27.1. The van der Waals surface area contributed by atoms with Crippen LogP contribution in [0.2, 0.25) is 0 Å². The molecule has 2 atom stereocenters. The van der Waals surface area contributed by atoms with Gasteiger partial charge in [0.2, 0.25) is 0 Å². The minimum atomic E-state index is 0.404. The maximum atomic E-state index is 5.73. The third-order valence-corrected chi connectivity index (χ3v) is 2.78. The van der Waals surface area contributed by atoms with Crippen molar-refractivity contribution in [2.45, 2.75) is 38.4 Å². The Hall–Kier alpha value is -0.190. The van der Waals surface area contributed by atoms with Crippen LogP contribution in [0.1, 0.15) is 26.2 Å². The first-order valence-corrected chi connectivity index (χ1v) is 5.61. The third-order valence-electron chi connectivity index (χ3n) is 2.58. The van der Waals surface area contributed by atoms with Crippen LogP contribution in [0.5, 0.6) is 0 Å². The van der Waals surface area contributed by atoms with Gasteiger partial charge in [-0.2, -0.15) is 0 Å². The Morgan fingerprint density at radius 1 is 1.57 bits per heavy atom. The summed E-state index contributed by atoms with van der Waals surface area (Å²) in [6, 6.07) is 0. The fourth-order valence-corrected chi connectivity index (χ4v) is 1.85. The summed E-state index contributed by atoms with van der Waals surface area (Å²) in [6.07, 6.45) is 4.01. The van der Waals surface area contributed by atoms with Crippen molar-refractivity contribution in [3.63, 3.8) is 0 Å². The number of rotatable bonds is 5. The van der Waals surface area contributed by atoms with Gasteiger partial charge in [-0.1, -0.05) is 12.2 Å². The van der Waals surface area contributed by atoms with E-state index in [1.807, 2.05) is 0 Å². The number of likely N-dealkylation sites (N-methyl/N-ethyl adjacent to an activating group) is 1. The quantitative estimate of drug-likeness (QED) is 0.700. The van der Waals surface area contributed by atoms with Gasteiger partial charge in [0.15, 0.2) is 0 Å². The molecular weight excluding hydrogens is 196 g/mol. The Balaban J connectivity index is 2.13. The van der Waals surface area contributed by atoms with E-state index in [1.54, 1.807) is 0 Å². The Kier molecular flexibility index (Phi) is 4.78. The molecule has 2 unspecified atom stereocenters. The second kappa shape index (κ2) is 5.63. The summed E-state index contributed by atoms with van der Waals surface area (Å²) in [5, 5.41) is 0. The lowest BCUT2D eigenvalue weighted by Crippen LogP contribution is -2.31. The highest BCUT2D eigenvalue weighted by Gasteiger charge is 2.22. The van der Waals surface area contributed by atoms with Crippen LogP contribution < -0.4 is 5.73 Å². The fraction of sp³-hybridized carbons (Fsp3) is 0.900. The number of nitrogens with zero attached hydrogens (tertiary/aromatic N) is 1. The molecule has 0 bridgehead atoms. The highest BCUT2D eigenvalue weighted by molar-refractivity contribution is 7.80. The third kappa shape index (κ3) is 4.35. The first-order chi connectivity index (χ1) is 6.58. The number of thiocarbonyl (C=S) groups is 1. The molecule has 1 aliphatic rings. The second-order valence-corrected chi connectivity index (χ2v) is 4.65. The van der Waals surface area contributed by atoms with Crippen molar-refractivity contribution in [3.8, 4) is 0 Å². The van der Waals surface area contributed by atoms with Crippen LogP contribution in [-0.4, -0.2) is 42.2 Å². The lowest BCUT2D eigenvalue weighted by atomic mass is 10.2. The van der Waals surface area contributed by atoms with Crippen molar-refractivity contribution in [1.29, 1.82) is 0 Å². The molecule has 0 aromatic carbocycles. The Labute approximate surface area is 91.6 Å². The predicted molar refractivity (Wildman–Crippen MR) is 62.5 cm³/mol. The molecule has 1 saturated heterocycles. The van der Waals surface area contributed by atoms with Gasteiger partial charge in [0, 0.05) is 19.5 Å². The van der Waals surface area contributed by atoms with Gasteiger partial charge in [-0.25, -0.2) is 0 Å². The van der Waals surface area contributed by atoms with E-state index in [-0.39, 0.29) is 0 Å². The molecule has 0 aromatic heterocycles. The highest BCUT2D eigenvalue weighted by atomic mass is 32.1. The molecule has 0 aliphatic carbocycles.